The molecule has 3 heterocycles. The Kier molecular flexibility index (Phi) is 4.49. The predicted octanol–water partition coefficient (Wildman–Crippen LogP) is 1.86. The molecular weight excluding hydrogens is 349 g/mol. The molecule has 8 heteroatoms. The van der Waals surface area contributed by atoms with E-state index in [4.69, 9.17) is 0 Å². The molecule has 2 aromatic heterocycles. The van der Waals surface area contributed by atoms with E-state index in [1.807, 2.05) is 4.90 Å². The van der Waals surface area contributed by atoms with Crippen molar-refractivity contribution in [1.29, 1.82) is 0 Å². The van der Waals surface area contributed by atoms with E-state index < -0.39 is 11.4 Å². The number of rotatable bonds is 4. The van der Waals surface area contributed by atoms with E-state index in [0.29, 0.717) is 24.3 Å². The van der Waals surface area contributed by atoms with Gasteiger partial charge in [0.25, 0.3) is 5.91 Å². The minimum atomic E-state index is -1.07. The maximum Gasteiger partial charge on any atom is 0.251 e. The molecule has 1 fully saturated rings. The number of piperidine rings is 1. The Balaban J connectivity index is 1.41. The van der Waals surface area contributed by atoms with Gasteiger partial charge in [-0.3, -0.25) is 4.79 Å². The van der Waals surface area contributed by atoms with Gasteiger partial charge in [0.15, 0.2) is 0 Å². The minimum absolute atomic E-state index is 0.130. The number of carbonyl (C=O) groups is 1. The summed E-state index contributed by atoms with van der Waals surface area (Å²) in [5.41, 5.74) is 1.01. The number of imidazole rings is 1. The quantitative estimate of drug-likeness (QED) is 0.653. The van der Waals surface area contributed by atoms with E-state index in [9.17, 15) is 14.3 Å². The van der Waals surface area contributed by atoms with Crippen LogP contribution < -0.4 is 10.2 Å². The summed E-state index contributed by atoms with van der Waals surface area (Å²) in [4.78, 5) is 25.6. The molecular formula is C19H20FN5O2. The standard InChI is InChI=1S/C19H20FN5O2/c20-14-3-5-17(21-9-14)25-7-1-6-19(27,11-25)10-22-18(26)13-2-4-15-16(8-13)24-12-23-15/h2-5,8-9,12,27H,1,6-7,10-11H2,(H,22,26)(H,23,24). The average molecular weight is 369 g/mol. The number of aromatic nitrogens is 3. The first-order valence-corrected chi connectivity index (χ1v) is 8.83. The van der Waals surface area contributed by atoms with E-state index >= 15 is 0 Å². The first kappa shape index (κ1) is 17.4. The molecule has 0 radical (unpaired) electrons. The van der Waals surface area contributed by atoms with Crippen LogP contribution in [0.25, 0.3) is 11.0 Å². The molecule has 1 amide bonds. The second kappa shape index (κ2) is 6.96. The van der Waals surface area contributed by atoms with Gasteiger partial charge in [-0.05, 0) is 43.2 Å². The first-order chi connectivity index (χ1) is 13.0. The zero-order chi connectivity index (χ0) is 18.9. The number of halogens is 1. The van der Waals surface area contributed by atoms with Crippen LogP contribution in [0.5, 0.6) is 0 Å². The monoisotopic (exact) mass is 369 g/mol. The number of amides is 1. The van der Waals surface area contributed by atoms with Crippen LogP contribution in [0.15, 0.2) is 42.9 Å². The highest BCUT2D eigenvalue weighted by molar-refractivity contribution is 5.97. The van der Waals surface area contributed by atoms with Gasteiger partial charge in [0, 0.05) is 25.2 Å². The first-order valence-electron chi connectivity index (χ1n) is 8.83. The molecule has 1 atom stereocenters. The molecule has 3 N–H and O–H groups in total. The Morgan fingerprint density at radius 2 is 2.22 bits per heavy atom. The van der Waals surface area contributed by atoms with E-state index in [1.165, 1.54) is 6.07 Å². The van der Waals surface area contributed by atoms with Gasteiger partial charge in [-0.25, -0.2) is 14.4 Å². The highest BCUT2D eigenvalue weighted by atomic mass is 19.1. The number of benzene rings is 1. The van der Waals surface area contributed by atoms with Crippen molar-refractivity contribution in [1.82, 2.24) is 20.3 Å². The molecule has 1 aliphatic rings. The number of aliphatic hydroxyl groups is 1. The van der Waals surface area contributed by atoms with Crippen molar-refractivity contribution in [2.75, 3.05) is 24.5 Å². The molecule has 0 aliphatic carbocycles. The second-order valence-corrected chi connectivity index (χ2v) is 6.90. The van der Waals surface area contributed by atoms with E-state index in [2.05, 4.69) is 20.3 Å². The number of nitrogens with zero attached hydrogens (tertiary/aromatic N) is 3. The van der Waals surface area contributed by atoms with Crippen molar-refractivity contribution in [3.05, 3.63) is 54.2 Å². The fourth-order valence-electron chi connectivity index (χ4n) is 3.43. The van der Waals surface area contributed by atoms with E-state index in [0.717, 1.165) is 30.2 Å². The molecule has 1 saturated heterocycles. The van der Waals surface area contributed by atoms with Gasteiger partial charge < -0.3 is 20.3 Å². The third-order valence-corrected chi connectivity index (χ3v) is 4.85. The summed E-state index contributed by atoms with van der Waals surface area (Å²) in [6.07, 6.45) is 4.07. The highest BCUT2D eigenvalue weighted by Crippen LogP contribution is 2.24. The summed E-state index contributed by atoms with van der Waals surface area (Å²) in [7, 11) is 0. The number of pyridine rings is 1. The second-order valence-electron chi connectivity index (χ2n) is 6.90. The summed E-state index contributed by atoms with van der Waals surface area (Å²) in [6, 6.07) is 8.16. The van der Waals surface area contributed by atoms with Crippen LogP contribution in [0.2, 0.25) is 0 Å². The van der Waals surface area contributed by atoms with Gasteiger partial charge in [0.2, 0.25) is 0 Å². The summed E-state index contributed by atoms with van der Waals surface area (Å²) >= 11 is 0. The molecule has 1 aliphatic heterocycles. The zero-order valence-corrected chi connectivity index (χ0v) is 14.7. The van der Waals surface area contributed by atoms with Crippen molar-refractivity contribution >= 4 is 22.8 Å². The molecule has 27 heavy (non-hydrogen) atoms. The minimum Gasteiger partial charge on any atom is -0.386 e. The number of anilines is 1. The lowest BCUT2D eigenvalue weighted by Crippen LogP contribution is -2.54. The Morgan fingerprint density at radius 1 is 1.33 bits per heavy atom. The molecule has 4 rings (SSSR count). The molecule has 0 spiro atoms. The van der Waals surface area contributed by atoms with Crippen LogP contribution in [-0.2, 0) is 0 Å². The van der Waals surface area contributed by atoms with Gasteiger partial charge in [-0.15, -0.1) is 0 Å². The topological polar surface area (TPSA) is 94.1 Å². The molecule has 0 bridgehead atoms. The molecule has 0 saturated carbocycles. The van der Waals surface area contributed by atoms with Gasteiger partial charge in [0.1, 0.15) is 11.6 Å². The van der Waals surface area contributed by atoms with E-state index in [-0.39, 0.29) is 12.5 Å². The number of carbonyl (C=O) groups excluding carboxylic acids is 1. The zero-order valence-electron chi connectivity index (χ0n) is 14.7. The fraction of sp³-hybridized carbons (Fsp3) is 0.316. The Labute approximate surface area is 155 Å². The third kappa shape index (κ3) is 3.75. The van der Waals surface area contributed by atoms with Gasteiger partial charge in [0.05, 0.1) is 29.2 Å². The lowest BCUT2D eigenvalue weighted by atomic mass is 9.92. The molecule has 3 aromatic rings. The number of fused-ring (bicyclic) bond motifs is 1. The maximum absolute atomic E-state index is 13.1. The van der Waals surface area contributed by atoms with Crippen LogP contribution >= 0.6 is 0 Å². The van der Waals surface area contributed by atoms with Crippen LogP contribution in [-0.4, -0.2) is 51.2 Å². The van der Waals surface area contributed by atoms with Crippen LogP contribution in [0.3, 0.4) is 0 Å². The van der Waals surface area contributed by atoms with Crippen LogP contribution in [0.1, 0.15) is 23.2 Å². The molecule has 1 aromatic carbocycles. The number of nitrogens with one attached hydrogen (secondary N) is 2. The predicted molar refractivity (Wildman–Crippen MR) is 99.0 cm³/mol. The maximum atomic E-state index is 13.1. The summed E-state index contributed by atoms with van der Waals surface area (Å²) in [5.74, 6) is -0.0324. The highest BCUT2D eigenvalue weighted by Gasteiger charge is 2.34. The van der Waals surface area contributed by atoms with Crippen molar-refractivity contribution in [3.63, 3.8) is 0 Å². The van der Waals surface area contributed by atoms with E-state index in [1.54, 1.807) is 30.6 Å². The lowest BCUT2D eigenvalue weighted by molar-refractivity contribution is 0.0254. The number of hydrogen-bond acceptors (Lipinski definition) is 5. The lowest BCUT2D eigenvalue weighted by Gasteiger charge is -2.39. The average Bonchev–Trinajstić information content (AvgIpc) is 3.14. The third-order valence-electron chi connectivity index (χ3n) is 4.85. The number of hydrogen-bond donors (Lipinski definition) is 3. The van der Waals surface area contributed by atoms with Gasteiger partial charge >= 0.3 is 0 Å². The molecule has 7 nitrogen and oxygen atoms in total. The number of H-pyrrole nitrogens is 1. The SMILES string of the molecule is O=C(NCC1(O)CCCN(c2ccc(F)cn2)C1)c1ccc2nc[nH]c2c1. The Morgan fingerprint density at radius 3 is 3.04 bits per heavy atom. The Bertz CT molecular complexity index is 958. The smallest absolute Gasteiger partial charge is 0.251 e. The largest absolute Gasteiger partial charge is 0.386 e. The summed E-state index contributed by atoms with van der Waals surface area (Å²) in [5, 5.41) is 13.7. The Hall–Kier alpha value is -3.00. The number of β-amino-alcohol motifs (C(OH)–C–C–N with tert-alkyl or cyclic N) is 1. The van der Waals surface area contributed by atoms with Crippen molar-refractivity contribution in [2.45, 2.75) is 18.4 Å². The normalized spacial score (nSPS) is 20.0. The summed E-state index contributed by atoms with van der Waals surface area (Å²) < 4.78 is 13.1. The van der Waals surface area contributed by atoms with Crippen LogP contribution in [0, 0.1) is 5.82 Å². The van der Waals surface area contributed by atoms with Gasteiger partial charge in [-0.2, -0.15) is 0 Å². The summed E-state index contributed by atoms with van der Waals surface area (Å²) in [6.45, 7) is 1.18. The van der Waals surface area contributed by atoms with Gasteiger partial charge in [-0.1, -0.05) is 0 Å². The fourth-order valence-corrected chi connectivity index (χ4v) is 3.43. The van der Waals surface area contributed by atoms with Crippen molar-refractivity contribution < 1.29 is 14.3 Å². The van der Waals surface area contributed by atoms with Crippen molar-refractivity contribution in [3.8, 4) is 0 Å². The molecule has 140 valence electrons. The number of aromatic amines is 1. The molecule has 1 unspecified atom stereocenters. The van der Waals surface area contributed by atoms with Crippen molar-refractivity contribution in [2.24, 2.45) is 0 Å². The van der Waals surface area contributed by atoms with Crippen LogP contribution in [0.4, 0.5) is 10.2 Å².